The molecule has 0 aromatic heterocycles. The van der Waals surface area contributed by atoms with Gasteiger partial charge in [-0.15, -0.1) is 0 Å². The summed E-state index contributed by atoms with van der Waals surface area (Å²) >= 11 is 15.5. The van der Waals surface area contributed by atoms with Gasteiger partial charge in [0.25, 0.3) is 0 Å². The SMILES string of the molecule is O=C(N=S(=O)=O)OCC(Cl)(Cl)Cl. The fraction of sp³-hybridized carbons (Fsp3) is 0.667. The van der Waals surface area contributed by atoms with Gasteiger partial charge in [0.15, 0.2) is 0 Å². The van der Waals surface area contributed by atoms with Crippen LogP contribution in [0.15, 0.2) is 4.36 Å². The number of alkyl halides is 3. The van der Waals surface area contributed by atoms with Crippen molar-refractivity contribution in [1.29, 1.82) is 0 Å². The van der Waals surface area contributed by atoms with Gasteiger partial charge in [-0.1, -0.05) is 39.2 Å². The van der Waals surface area contributed by atoms with Gasteiger partial charge in [0, 0.05) is 0 Å². The van der Waals surface area contributed by atoms with E-state index in [4.69, 9.17) is 34.8 Å². The van der Waals surface area contributed by atoms with Crippen LogP contribution >= 0.6 is 34.8 Å². The van der Waals surface area contributed by atoms with Crippen LogP contribution in [0.4, 0.5) is 4.79 Å². The highest BCUT2D eigenvalue weighted by Gasteiger charge is 2.21. The molecule has 5 nitrogen and oxygen atoms in total. The third-order valence-corrected chi connectivity index (χ3v) is 1.13. The average molecular weight is 254 g/mol. The molecule has 0 saturated carbocycles. The molecule has 0 rings (SSSR count). The zero-order valence-corrected chi connectivity index (χ0v) is 8.41. The molecule has 0 saturated heterocycles. The van der Waals surface area contributed by atoms with Gasteiger partial charge < -0.3 is 4.74 Å². The molecule has 0 aliphatic carbocycles. The van der Waals surface area contributed by atoms with E-state index in [2.05, 4.69) is 9.10 Å². The number of rotatable bonds is 1. The van der Waals surface area contributed by atoms with Gasteiger partial charge in [-0.3, -0.25) is 0 Å². The van der Waals surface area contributed by atoms with E-state index in [0.717, 1.165) is 0 Å². The first-order valence-electron chi connectivity index (χ1n) is 2.36. The van der Waals surface area contributed by atoms with Crippen molar-refractivity contribution in [2.45, 2.75) is 3.79 Å². The van der Waals surface area contributed by atoms with Gasteiger partial charge >= 0.3 is 16.6 Å². The fourth-order valence-electron chi connectivity index (χ4n) is 0.231. The van der Waals surface area contributed by atoms with Gasteiger partial charge in [-0.25, -0.2) is 4.79 Å². The Morgan fingerprint density at radius 1 is 1.42 bits per heavy atom. The van der Waals surface area contributed by atoms with E-state index in [1.165, 1.54) is 0 Å². The molecule has 12 heavy (non-hydrogen) atoms. The number of hydrogen-bond acceptors (Lipinski definition) is 4. The van der Waals surface area contributed by atoms with Crippen LogP contribution in [0.25, 0.3) is 0 Å². The van der Waals surface area contributed by atoms with Gasteiger partial charge in [-0.2, -0.15) is 8.42 Å². The van der Waals surface area contributed by atoms with Crippen LogP contribution in [0.3, 0.4) is 0 Å². The van der Waals surface area contributed by atoms with Gasteiger partial charge in [0.1, 0.15) is 6.61 Å². The van der Waals surface area contributed by atoms with Gasteiger partial charge in [-0.05, 0) is 0 Å². The van der Waals surface area contributed by atoms with Crippen LogP contribution in [0.2, 0.25) is 0 Å². The number of amides is 1. The Morgan fingerprint density at radius 3 is 2.25 bits per heavy atom. The first-order valence-corrected chi connectivity index (χ1v) is 4.52. The first-order chi connectivity index (χ1) is 5.31. The third-order valence-electron chi connectivity index (χ3n) is 0.508. The van der Waals surface area contributed by atoms with E-state index < -0.39 is 27.0 Å². The summed E-state index contributed by atoms with van der Waals surface area (Å²) in [5, 5.41) is 0. The largest absolute Gasteiger partial charge is 0.448 e. The maximum Gasteiger partial charge on any atom is 0.448 e. The fourth-order valence-corrected chi connectivity index (χ4v) is 0.569. The second-order valence-corrected chi connectivity index (χ2v) is 4.61. The highest BCUT2D eigenvalue weighted by molar-refractivity contribution is 7.62. The molecule has 0 spiro atoms. The Kier molecular flexibility index (Phi) is 4.84. The molecule has 0 bridgehead atoms. The molecule has 0 heterocycles. The summed E-state index contributed by atoms with van der Waals surface area (Å²) in [6, 6.07) is 0. The Balaban J connectivity index is 3.98. The molecule has 0 aliphatic rings. The molecule has 0 N–H and O–H groups in total. The molecule has 0 radical (unpaired) electrons. The van der Waals surface area contributed by atoms with Crippen LogP contribution in [0.5, 0.6) is 0 Å². The lowest BCUT2D eigenvalue weighted by atomic mass is 10.8. The van der Waals surface area contributed by atoms with E-state index >= 15 is 0 Å². The molecule has 0 unspecified atom stereocenters. The first kappa shape index (κ1) is 12.0. The second-order valence-electron chi connectivity index (χ2n) is 1.48. The summed E-state index contributed by atoms with van der Waals surface area (Å²) in [7, 11) is -2.85. The van der Waals surface area contributed by atoms with Crippen molar-refractivity contribution in [2.24, 2.45) is 4.36 Å². The molecule has 0 aromatic rings. The van der Waals surface area contributed by atoms with Crippen molar-refractivity contribution in [3.05, 3.63) is 0 Å². The average Bonchev–Trinajstić information content (AvgIpc) is 1.80. The Morgan fingerprint density at radius 2 is 1.92 bits per heavy atom. The molecule has 0 aromatic carbocycles. The lowest BCUT2D eigenvalue weighted by Gasteiger charge is -2.07. The van der Waals surface area contributed by atoms with Crippen LogP contribution in [0, 0.1) is 0 Å². The summed E-state index contributed by atoms with van der Waals surface area (Å²) in [6.07, 6.45) is -1.32. The molecule has 0 fully saturated rings. The number of nitrogens with zero attached hydrogens (tertiary/aromatic N) is 1. The predicted octanol–water partition coefficient (Wildman–Crippen LogP) is 1.56. The lowest BCUT2D eigenvalue weighted by Crippen LogP contribution is -2.15. The van der Waals surface area contributed by atoms with Crippen LogP contribution < -0.4 is 0 Å². The smallest absolute Gasteiger partial charge is 0.443 e. The molecule has 9 heteroatoms. The van der Waals surface area contributed by atoms with Crippen molar-refractivity contribution < 1.29 is 17.9 Å². The normalized spacial score (nSPS) is 10.6. The molecule has 0 atom stereocenters. The van der Waals surface area contributed by atoms with E-state index in [-0.39, 0.29) is 0 Å². The molecule has 1 amide bonds. The number of carbonyl (C=O) groups excluding carboxylic acids is 1. The van der Waals surface area contributed by atoms with Crippen molar-refractivity contribution >= 4 is 51.4 Å². The summed E-state index contributed by atoms with van der Waals surface area (Å²) in [6.45, 7) is -0.558. The molecule has 70 valence electrons. The van der Waals surface area contributed by atoms with Crippen LogP contribution in [-0.2, 0) is 15.2 Å². The summed E-state index contributed by atoms with van der Waals surface area (Å²) in [5.74, 6) is 0. The highest BCUT2D eigenvalue weighted by Crippen LogP contribution is 2.25. The van der Waals surface area contributed by atoms with E-state index in [9.17, 15) is 13.2 Å². The second kappa shape index (κ2) is 4.86. The van der Waals surface area contributed by atoms with Crippen LogP contribution in [-0.4, -0.2) is 24.9 Å². The van der Waals surface area contributed by atoms with Crippen molar-refractivity contribution in [3.8, 4) is 0 Å². The van der Waals surface area contributed by atoms with E-state index in [0.29, 0.717) is 0 Å². The van der Waals surface area contributed by atoms with E-state index in [1.807, 2.05) is 0 Å². The monoisotopic (exact) mass is 253 g/mol. The third kappa shape index (κ3) is 8.06. The van der Waals surface area contributed by atoms with Gasteiger partial charge in [0.05, 0.1) is 0 Å². The zero-order valence-electron chi connectivity index (χ0n) is 5.33. The van der Waals surface area contributed by atoms with Gasteiger partial charge in [0.2, 0.25) is 3.79 Å². The maximum atomic E-state index is 10.3. The predicted molar refractivity (Wildman–Crippen MR) is 43.0 cm³/mol. The molecular weight excluding hydrogens is 252 g/mol. The molecule has 0 aliphatic heterocycles. The number of carbonyl (C=O) groups is 1. The summed E-state index contributed by atoms with van der Waals surface area (Å²) in [4.78, 5) is 10.3. The zero-order chi connectivity index (χ0) is 9.78. The quantitative estimate of drug-likeness (QED) is 0.666. The number of halogens is 3. The minimum atomic E-state index is -2.85. The number of hydrogen-bond donors (Lipinski definition) is 0. The van der Waals surface area contributed by atoms with Crippen molar-refractivity contribution in [1.82, 2.24) is 0 Å². The summed E-state index contributed by atoms with van der Waals surface area (Å²) < 4.78 is 24.4. The lowest BCUT2D eigenvalue weighted by molar-refractivity contribution is 0.160. The Labute approximate surface area is 84.2 Å². The summed E-state index contributed by atoms with van der Waals surface area (Å²) in [5.41, 5.74) is 0. The Hall–Kier alpha value is -0.0400. The Bertz CT molecular complexity index is 283. The standard InChI is InChI=1S/C3H2Cl3NO4S/c4-3(5,6)1-11-2(8)7-12(9)10/h1H2. The minimum Gasteiger partial charge on any atom is -0.443 e. The topological polar surface area (TPSA) is 72.8 Å². The highest BCUT2D eigenvalue weighted by atomic mass is 35.6. The van der Waals surface area contributed by atoms with Crippen LogP contribution in [0.1, 0.15) is 0 Å². The minimum absolute atomic E-state index is 0.558. The maximum absolute atomic E-state index is 10.3. The molecular formula is C3H2Cl3NO4S. The van der Waals surface area contributed by atoms with Crippen molar-refractivity contribution in [2.75, 3.05) is 6.61 Å². The van der Waals surface area contributed by atoms with E-state index in [1.54, 1.807) is 0 Å². The van der Waals surface area contributed by atoms with Crippen molar-refractivity contribution in [3.63, 3.8) is 0 Å². The number of ether oxygens (including phenoxy) is 1.